The first kappa shape index (κ1) is 13.1. The van der Waals surface area contributed by atoms with Gasteiger partial charge in [-0.15, -0.1) is 0 Å². The highest BCUT2D eigenvalue weighted by Crippen LogP contribution is 2.53. The van der Waals surface area contributed by atoms with Crippen LogP contribution in [0.5, 0.6) is 0 Å². The summed E-state index contributed by atoms with van der Waals surface area (Å²) >= 11 is 0. The summed E-state index contributed by atoms with van der Waals surface area (Å²) in [6.45, 7) is 11.9. The Balaban J connectivity index is 2.36. The maximum atomic E-state index is 11.7. The van der Waals surface area contributed by atoms with Gasteiger partial charge in [0.25, 0.3) is 0 Å². The normalized spacial score (nSPS) is 39.1. The summed E-state index contributed by atoms with van der Waals surface area (Å²) in [4.78, 5) is 22.6. The summed E-state index contributed by atoms with van der Waals surface area (Å²) in [5.74, 6) is -0.143. The van der Waals surface area contributed by atoms with Crippen LogP contribution in [0, 0.1) is 17.3 Å². The molecule has 3 heteroatoms. The van der Waals surface area contributed by atoms with Crippen LogP contribution in [0.1, 0.15) is 33.1 Å². The van der Waals surface area contributed by atoms with Crippen molar-refractivity contribution in [3.05, 3.63) is 24.3 Å². The second-order valence-corrected chi connectivity index (χ2v) is 5.89. The van der Waals surface area contributed by atoms with Crippen LogP contribution in [0.3, 0.4) is 0 Å². The number of carbonyl (C=O) groups excluding carboxylic acids is 2. The van der Waals surface area contributed by atoms with E-state index >= 15 is 0 Å². The van der Waals surface area contributed by atoms with E-state index < -0.39 is 0 Å². The molecule has 1 heterocycles. The lowest BCUT2D eigenvalue weighted by atomic mass is 9.59. The van der Waals surface area contributed by atoms with E-state index in [9.17, 15) is 9.59 Å². The minimum atomic E-state index is -0.286. The Bertz CT molecular complexity index is 423. The number of hydrogen-bond donors (Lipinski definition) is 0. The van der Waals surface area contributed by atoms with Crippen LogP contribution in [0.15, 0.2) is 24.3 Å². The van der Waals surface area contributed by atoms with Gasteiger partial charge >= 0.3 is 5.97 Å². The molecule has 0 aromatic carbocycles. The number of fused-ring (bicyclic) bond motifs is 1. The van der Waals surface area contributed by atoms with Crippen molar-refractivity contribution in [3.63, 3.8) is 0 Å². The summed E-state index contributed by atoms with van der Waals surface area (Å²) in [6, 6.07) is 0. The first-order chi connectivity index (χ1) is 8.40. The third kappa shape index (κ3) is 1.82. The molecule has 2 rings (SSSR count). The van der Waals surface area contributed by atoms with Gasteiger partial charge in [-0.1, -0.05) is 25.7 Å². The van der Waals surface area contributed by atoms with Crippen molar-refractivity contribution in [1.82, 2.24) is 0 Å². The number of rotatable bonds is 3. The Kier molecular flexibility index (Phi) is 3.18. The third-order valence-corrected chi connectivity index (χ3v) is 4.54. The van der Waals surface area contributed by atoms with Gasteiger partial charge in [-0.2, -0.15) is 0 Å². The second kappa shape index (κ2) is 4.38. The lowest BCUT2D eigenvalue weighted by molar-refractivity contribution is -0.144. The van der Waals surface area contributed by atoms with Crippen LogP contribution in [0.25, 0.3) is 0 Å². The number of carbonyl (C=O) groups is 2. The Labute approximate surface area is 108 Å². The quantitative estimate of drug-likeness (QED) is 0.334. The Morgan fingerprint density at radius 3 is 2.83 bits per heavy atom. The van der Waals surface area contributed by atoms with Gasteiger partial charge < -0.3 is 9.53 Å². The predicted octanol–water partition coefficient (Wildman–Crippen LogP) is 2.67. The maximum Gasteiger partial charge on any atom is 0.334 e. The molecule has 0 amide bonds. The zero-order valence-corrected chi connectivity index (χ0v) is 11.1. The van der Waals surface area contributed by atoms with Crippen molar-refractivity contribution in [2.45, 2.75) is 39.2 Å². The molecule has 0 aromatic rings. The van der Waals surface area contributed by atoms with Crippen molar-refractivity contribution in [2.75, 3.05) is 0 Å². The second-order valence-electron chi connectivity index (χ2n) is 5.89. The third-order valence-electron chi connectivity index (χ3n) is 4.54. The van der Waals surface area contributed by atoms with Crippen molar-refractivity contribution in [1.29, 1.82) is 0 Å². The largest absolute Gasteiger partial charge is 0.458 e. The van der Waals surface area contributed by atoms with E-state index in [0.29, 0.717) is 12.0 Å². The van der Waals surface area contributed by atoms with Gasteiger partial charge in [0.05, 0.1) is 0 Å². The molecule has 0 N–H and O–H groups in total. The van der Waals surface area contributed by atoms with Gasteiger partial charge in [-0.25, -0.2) is 4.79 Å². The lowest BCUT2D eigenvalue weighted by Crippen LogP contribution is -2.44. The first-order valence-electron chi connectivity index (χ1n) is 6.39. The van der Waals surface area contributed by atoms with Gasteiger partial charge in [0.2, 0.25) is 0 Å². The number of hydrogen-bond acceptors (Lipinski definition) is 3. The van der Waals surface area contributed by atoms with E-state index in [1.807, 2.05) is 6.92 Å². The van der Waals surface area contributed by atoms with E-state index in [4.69, 9.17) is 4.74 Å². The molecule has 4 atom stereocenters. The van der Waals surface area contributed by atoms with Gasteiger partial charge in [-0.3, -0.25) is 0 Å². The zero-order valence-electron chi connectivity index (χ0n) is 11.1. The Morgan fingerprint density at radius 2 is 2.28 bits per heavy atom. The summed E-state index contributed by atoms with van der Waals surface area (Å²) < 4.78 is 5.48. The highest BCUT2D eigenvalue weighted by atomic mass is 16.6. The monoisotopic (exact) mass is 248 g/mol. The Hall–Kier alpha value is -1.38. The first-order valence-corrected chi connectivity index (χ1v) is 6.39. The fraction of sp³-hybridized carbons (Fsp3) is 0.600. The Morgan fingerprint density at radius 1 is 1.61 bits per heavy atom. The molecule has 98 valence electrons. The molecule has 1 saturated carbocycles. The molecular formula is C15H20O3. The summed E-state index contributed by atoms with van der Waals surface area (Å²) in [5, 5.41) is 0. The zero-order chi connectivity index (χ0) is 13.5. The fourth-order valence-electron chi connectivity index (χ4n) is 3.60. The van der Waals surface area contributed by atoms with Crippen molar-refractivity contribution in [3.8, 4) is 0 Å². The average Bonchev–Trinajstić information content (AvgIpc) is 2.54. The van der Waals surface area contributed by atoms with Gasteiger partial charge in [0.1, 0.15) is 12.4 Å². The fourth-order valence-corrected chi connectivity index (χ4v) is 3.60. The average molecular weight is 248 g/mol. The molecule has 0 bridgehead atoms. The molecule has 0 radical (unpaired) electrons. The van der Waals surface area contributed by atoms with E-state index in [2.05, 4.69) is 20.1 Å². The minimum absolute atomic E-state index is 0.0460. The van der Waals surface area contributed by atoms with Crippen LogP contribution >= 0.6 is 0 Å². The van der Waals surface area contributed by atoms with E-state index in [1.165, 1.54) is 0 Å². The summed E-state index contributed by atoms with van der Waals surface area (Å²) in [5.41, 5.74) is 1.41. The van der Waals surface area contributed by atoms with Gasteiger partial charge in [0.15, 0.2) is 0 Å². The smallest absolute Gasteiger partial charge is 0.334 e. The molecule has 1 aliphatic heterocycles. The molecule has 0 aromatic heterocycles. The lowest BCUT2D eigenvalue weighted by Gasteiger charge is -2.46. The van der Waals surface area contributed by atoms with Crippen LogP contribution in [-0.2, 0) is 14.3 Å². The summed E-state index contributed by atoms with van der Waals surface area (Å²) in [7, 11) is 0. The highest BCUT2D eigenvalue weighted by molar-refractivity contribution is 5.91. The van der Waals surface area contributed by atoms with Crippen molar-refractivity contribution in [2.24, 2.45) is 17.3 Å². The van der Waals surface area contributed by atoms with Crippen LogP contribution in [0.4, 0.5) is 0 Å². The molecule has 1 saturated heterocycles. The van der Waals surface area contributed by atoms with Crippen molar-refractivity contribution >= 4 is 12.3 Å². The van der Waals surface area contributed by atoms with Gasteiger partial charge in [-0.05, 0) is 25.2 Å². The van der Waals surface area contributed by atoms with E-state index in [1.54, 1.807) is 0 Å². The van der Waals surface area contributed by atoms with Crippen molar-refractivity contribution < 1.29 is 14.3 Å². The number of aldehydes is 1. The highest BCUT2D eigenvalue weighted by Gasteiger charge is 2.53. The molecular weight excluding hydrogens is 228 g/mol. The molecule has 4 unspecified atom stereocenters. The molecule has 0 spiro atoms. The van der Waals surface area contributed by atoms with E-state index in [0.717, 1.165) is 24.7 Å². The SMILES string of the molecule is C=C1C(=O)OC2C1CCC(C)(CC=O)C2C(=C)C. The summed E-state index contributed by atoms with van der Waals surface area (Å²) in [6.07, 6.45) is 3.03. The van der Waals surface area contributed by atoms with Gasteiger partial charge in [0, 0.05) is 23.8 Å². The van der Waals surface area contributed by atoms with E-state index in [-0.39, 0.29) is 29.3 Å². The van der Waals surface area contributed by atoms with Crippen LogP contribution < -0.4 is 0 Å². The molecule has 18 heavy (non-hydrogen) atoms. The number of esters is 1. The minimum Gasteiger partial charge on any atom is -0.458 e. The van der Waals surface area contributed by atoms with Crippen LogP contribution in [0.2, 0.25) is 0 Å². The molecule has 2 fully saturated rings. The van der Waals surface area contributed by atoms with Crippen LogP contribution in [-0.4, -0.2) is 18.4 Å². The standard InChI is InChI=1S/C15H20O3/c1-9(2)12-13-11(10(3)14(17)18-13)5-6-15(12,4)7-8-16/h8,11-13H,1,3,5-7H2,2,4H3. The molecule has 3 nitrogen and oxygen atoms in total. The predicted molar refractivity (Wildman–Crippen MR) is 68.8 cm³/mol. The maximum absolute atomic E-state index is 11.7. The molecule has 2 aliphatic rings. The molecule has 1 aliphatic carbocycles. The number of ether oxygens (including phenoxy) is 1. The topological polar surface area (TPSA) is 43.4 Å².